The van der Waals surface area contributed by atoms with Crippen LogP contribution in [0.4, 0.5) is 13.2 Å². The summed E-state index contributed by atoms with van der Waals surface area (Å²) in [6, 6.07) is 9.89. The summed E-state index contributed by atoms with van der Waals surface area (Å²) in [5.41, 5.74) is 0.394. The Hall–Kier alpha value is -2.87. The van der Waals surface area contributed by atoms with Crippen LogP contribution in [0.15, 0.2) is 42.5 Å². The van der Waals surface area contributed by atoms with E-state index in [4.69, 9.17) is 4.74 Å². The number of benzene rings is 2. The van der Waals surface area contributed by atoms with Crippen molar-refractivity contribution in [2.24, 2.45) is 5.41 Å². The highest BCUT2D eigenvalue weighted by atomic mass is 19.4. The first-order chi connectivity index (χ1) is 16.2. The Morgan fingerprint density at radius 3 is 2.35 bits per heavy atom. The monoisotopic (exact) mass is 473 g/mol. The number of carbonyl (C=O) groups excluding carboxylic acids is 1. The number of hydrogen-bond acceptors (Lipinski definition) is 3. The van der Waals surface area contributed by atoms with Crippen molar-refractivity contribution in [2.75, 3.05) is 19.7 Å². The van der Waals surface area contributed by atoms with Crippen LogP contribution in [0.3, 0.4) is 0 Å². The zero-order chi connectivity index (χ0) is 24.1. The predicted molar refractivity (Wildman–Crippen MR) is 118 cm³/mol. The van der Waals surface area contributed by atoms with Gasteiger partial charge in [-0.2, -0.15) is 13.2 Å². The second kappa shape index (κ2) is 8.41. The second-order valence-corrected chi connectivity index (χ2v) is 9.63. The maximum Gasteiger partial charge on any atom is 0.417 e. The second-order valence-electron chi connectivity index (χ2n) is 9.63. The number of carbonyl (C=O) groups is 2. The van der Waals surface area contributed by atoms with Crippen LogP contribution in [-0.4, -0.2) is 47.7 Å². The van der Waals surface area contributed by atoms with Crippen molar-refractivity contribution >= 4 is 11.9 Å². The van der Waals surface area contributed by atoms with E-state index in [1.54, 1.807) is 12.1 Å². The molecule has 2 saturated heterocycles. The molecule has 1 saturated carbocycles. The molecule has 2 heterocycles. The van der Waals surface area contributed by atoms with Gasteiger partial charge in [0.05, 0.1) is 11.1 Å². The standard InChI is InChI=1S/C26H26F3NO4/c27-26(28,29)20-8-7-18(24(32)33)14-19(20)16-3-5-17(6-4-16)21-15-25(21)9-11-30(12-10-25)23(31)22-2-1-13-34-22/h3-8,14,21-22H,1-2,9-13,15H2,(H,32,33)/t21-,22+/m0/s1. The van der Waals surface area contributed by atoms with E-state index in [9.17, 15) is 27.9 Å². The molecule has 1 aliphatic carbocycles. The van der Waals surface area contributed by atoms with E-state index < -0.39 is 17.7 Å². The molecule has 180 valence electrons. The molecule has 1 amide bonds. The van der Waals surface area contributed by atoms with Gasteiger partial charge in [0.25, 0.3) is 5.91 Å². The molecule has 1 N–H and O–H groups in total. The van der Waals surface area contributed by atoms with E-state index in [0.29, 0.717) is 31.2 Å². The highest BCUT2D eigenvalue weighted by Gasteiger charge is 2.55. The topological polar surface area (TPSA) is 66.8 Å². The number of carboxylic acid groups (broad SMARTS) is 1. The molecular formula is C26H26F3NO4. The Bertz CT molecular complexity index is 1100. The number of amides is 1. The molecule has 5 nitrogen and oxygen atoms in total. The minimum atomic E-state index is -4.58. The summed E-state index contributed by atoms with van der Waals surface area (Å²) in [4.78, 5) is 25.8. The van der Waals surface area contributed by atoms with Gasteiger partial charge >= 0.3 is 12.1 Å². The fraction of sp³-hybridized carbons (Fsp3) is 0.462. The van der Waals surface area contributed by atoms with Gasteiger partial charge < -0.3 is 14.7 Å². The van der Waals surface area contributed by atoms with Crippen LogP contribution in [0.5, 0.6) is 0 Å². The summed E-state index contributed by atoms with van der Waals surface area (Å²) in [5, 5.41) is 9.22. The molecule has 1 spiro atoms. The first kappa shape index (κ1) is 22.9. The van der Waals surface area contributed by atoms with Gasteiger partial charge in [-0.25, -0.2) is 4.79 Å². The lowest BCUT2D eigenvalue weighted by molar-refractivity contribution is -0.142. The van der Waals surface area contributed by atoms with Crippen molar-refractivity contribution in [1.29, 1.82) is 0 Å². The normalized spacial score (nSPS) is 23.8. The van der Waals surface area contributed by atoms with Crippen LogP contribution < -0.4 is 0 Å². The number of aromatic carboxylic acids is 1. The SMILES string of the molecule is O=C(O)c1ccc(C(F)(F)F)c(-c2ccc([C@@H]3CC34CCN(C(=O)[C@H]3CCCO3)CC4)cc2)c1. The zero-order valence-electron chi connectivity index (χ0n) is 18.6. The lowest BCUT2D eigenvalue weighted by Crippen LogP contribution is -2.44. The molecule has 2 aromatic rings. The molecule has 0 radical (unpaired) electrons. The largest absolute Gasteiger partial charge is 0.478 e. The summed E-state index contributed by atoms with van der Waals surface area (Å²) < 4.78 is 46.1. The van der Waals surface area contributed by atoms with E-state index in [0.717, 1.165) is 55.9 Å². The van der Waals surface area contributed by atoms with Crippen molar-refractivity contribution in [3.63, 3.8) is 0 Å². The van der Waals surface area contributed by atoms with E-state index >= 15 is 0 Å². The van der Waals surface area contributed by atoms with Gasteiger partial charge in [0.2, 0.25) is 0 Å². The van der Waals surface area contributed by atoms with Crippen molar-refractivity contribution in [2.45, 2.75) is 50.3 Å². The van der Waals surface area contributed by atoms with Gasteiger partial charge in [-0.05, 0) is 78.3 Å². The first-order valence-corrected chi connectivity index (χ1v) is 11.6. The van der Waals surface area contributed by atoms with E-state index in [1.807, 2.05) is 17.0 Å². The average Bonchev–Trinajstić information content (AvgIpc) is 3.24. The van der Waals surface area contributed by atoms with Gasteiger partial charge in [-0.3, -0.25) is 4.79 Å². The van der Waals surface area contributed by atoms with Crippen LogP contribution >= 0.6 is 0 Å². The third-order valence-corrected chi connectivity index (χ3v) is 7.66. The zero-order valence-corrected chi connectivity index (χ0v) is 18.6. The molecular weight excluding hydrogens is 447 g/mol. The fourth-order valence-electron chi connectivity index (χ4n) is 5.58. The average molecular weight is 473 g/mol. The molecule has 0 aromatic heterocycles. The molecule has 0 unspecified atom stereocenters. The Balaban J connectivity index is 1.29. The number of ether oxygens (including phenoxy) is 1. The van der Waals surface area contributed by atoms with Crippen molar-refractivity contribution in [3.05, 3.63) is 59.2 Å². The predicted octanol–water partition coefficient (Wildman–Crippen LogP) is 5.35. The lowest BCUT2D eigenvalue weighted by atomic mass is 9.88. The third kappa shape index (κ3) is 4.19. The van der Waals surface area contributed by atoms with Crippen LogP contribution in [0.25, 0.3) is 11.1 Å². The first-order valence-electron chi connectivity index (χ1n) is 11.6. The third-order valence-electron chi connectivity index (χ3n) is 7.66. The van der Waals surface area contributed by atoms with Crippen LogP contribution in [0.2, 0.25) is 0 Å². The highest BCUT2D eigenvalue weighted by molar-refractivity contribution is 5.90. The number of alkyl halides is 3. The minimum Gasteiger partial charge on any atom is -0.478 e. The Kier molecular flexibility index (Phi) is 5.67. The molecule has 2 aromatic carbocycles. The Labute approximate surface area is 195 Å². The van der Waals surface area contributed by atoms with Gasteiger partial charge in [0.1, 0.15) is 6.10 Å². The minimum absolute atomic E-state index is 0.0953. The summed E-state index contributed by atoms with van der Waals surface area (Å²) in [6.07, 6.45) is -0.319. The fourth-order valence-corrected chi connectivity index (χ4v) is 5.58. The highest BCUT2D eigenvalue weighted by Crippen LogP contribution is 2.65. The molecule has 3 fully saturated rings. The molecule has 8 heteroatoms. The smallest absolute Gasteiger partial charge is 0.417 e. The van der Waals surface area contributed by atoms with Gasteiger partial charge in [0, 0.05) is 19.7 Å². The van der Waals surface area contributed by atoms with Gasteiger partial charge in [-0.15, -0.1) is 0 Å². The lowest BCUT2D eigenvalue weighted by Gasteiger charge is -2.34. The van der Waals surface area contributed by atoms with Crippen LogP contribution in [0.1, 0.15) is 59.5 Å². The van der Waals surface area contributed by atoms with E-state index in [2.05, 4.69) is 0 Å². The number of rotatable bonds is 4. The van der Waals surface area contributed by atoms with Crippen molar-refractivity contribution in [1.82, 2.24) is 4.90 Å². The van der Waals surface area contributed by atoms with Crippen molar-refractivity contribution < 1.29 is 32.6 Å². The number of hydrogen-bond donors (Lipinski definition) is 1. The molecule has 0 bridgehead atoms. The summed E-state index contributed by atoms with van der Waals surface area (Å²) in [6.45, 7) is 2.08. The molecule has 34 heavy (non-hydrogen) atoms. The summed E-state index contributed by atoms with van der Waals surface area (Å²) in [7, 11) is 0. The summed E-state index contributed by atoms with van der Waals surface area (Å²) >= 11 is 0. The number of halogens is 3. The van der Waals surface area contributed by atoms with E-state index in [1.165, 1.54) is 0 Å². The molecule has 3 aliphatic rings. The number of piperidine rings is 1. The van der Waals surface area contributed by atoms with E-state index in [-0.39, 0.29) is 28.6 Å². The molecule has 5 rings (SSSR count). The van der Waals surface area contributed by atoms with Crippen LogP contribution in [0, 0.1) is 5.41 Å². The summed E-state index contributed by atoms with van der Waals surface area (Å²) in [5.74, 6) is -0.845. The Morgan fingerprint density at radius 2 is 1.76 bits per heavy atom. The quantitative estimate of drug-likeness (QED) is 0.651. The maximum atomic E-state index is 13.5. The maximum absolute atomic E-state index is 13.5. The van der Waals surface area contributed by atoms with Gasteiger partial charge in [0.15, 0.2) is 0 Å². The molecule has 2 atom stereocenters. The Morgan fingerprint density at radius 1 is 1.06 bits per heavy atom. The number of carboxylic acids is 1. The number of likely N-dealkylation sites (tertiary alicyclic amines) is 1. The number of nitrogens with zero attached hydrogens (tertiary/aromatic N) is 1. The van der Waals surface area contributed by atoms with Gasteiger partial charge in [-0.1, -0.05) is 24.3 Å². The molecule has 2 aliphatic heterocycles. The van der Waals surface area contributed by atoms with Crippen LogP contribution in [-0.2, 0) is 15.7 Å². The van der Waals surface area contributed by atoms with Crippen molar-refractivity contribution in [3.8, 4) is 11.1 Å².